The van der Waals surface area contributed by atoms with E-state index in [2.05, 4.69) is 5.10 Å². The fourth-order valence-corrected chi connectivity index (χ4v) is 2.69. The van der Waals surface area contributed by atoms with Crippen LogP contribution in [0.5, 0.6) is 0 Å². The van der Waals surface area contributed by atoms with Gasteiger partial charge in [-0.15, -0.1) is 0 Å². The first-order chi connectivity index (χ1) is 10.7. The highest BCUT2D eigenvalue weighted by molar-refractivity contribution is 7.85. The number of hydrogen-bond donors (Lipinski definition) is 0. The minimum absolute atomic E-state index is 0.0669. The van der Waals surface area contributed by atoms with Crippen molar-refractivity contribution in [2.45, 2.75) is 19.6 Å². The molecular formula is C12H19N3O7S. The lowest BCUT2D eigenvalue weighted by molar-refractivity contribution is -0.388. The van der Waals surface area contributed by atoms with Crippen molar-refractivity contribution in [3.63, 3.8) is 0 Å². The first-order valence-corrected chi connectivity index (χ1v) is 8.73. The zero-order chi connectivity index (χ0) is 17.3. The molecule has 23 heavy (non-hydrogen) atoms. The average Bonchev–Trinajstić information content (AvgIpc) is 2.87. The Morgan fingerprint density at radius 1 is 1.52 bits per heavy atom. The summed E-state index contributed by atoms with van der Waals surface area (Å²) in [6, 6.07) is 0. The van der Waals surface area contributed by atoms with Crippen LogP contribution in [-0.4, -0.2) is 49.2 Å². The summed E-state index contributed by atoms with van der Waals surface area (Å²) in [5.41, 5.74) is -0.593. The molecule has 0 radical (unpaired) electrons. The van der Waals surface area contributed by atoms with Gasteiger partial charge >= 0.3 is 5.69 Å². The summed E-state index contributed by atoms with van der Waals surface area (Å²) < 4.78 is 39.7. The predicted molar refractivity (Wildman–Crippen MR) is 78.0 cm³/mol. The number of nitro groups is 1. The highest BCUT2D eigenvalue weighted by Gasteiger charge is 2.40. The summed E-state index contributed by atoms with van der Waals surface area (Å²) in [6.07, 6.45) is 1.75. The van der Waals surface area contributed by atoms with Gasteiger partial charge in [0.1, 0.15) is 6.20 Å². The van der Waals surface area contributed by atoms with E-state index in [0.29, 0.717) is 6.42 Å². The summed E-state index contributed by atoms with van der Waals surface area (Å²) >= 11 is 0. The Kier molecular flexibility index (Phi) is 5.04. The second kappa shape index (κ2) is 6.51. The lowest BCUT2D eigenvalue weighted by Gasteiger charge is -2.38. The standard InChI is InChI=1S/C12H19N3O7S/c1-4-12(8-22-23(3,18)19)6-20-11(21-7-12)10-9(15(16)17)5-13-14(10)2/h5,11H,4,6-8H2,1-3H3. The van der Waals surface area contributed by atoms with Crippen molar-refractivity contribution in [3.8, 4) is 0 Å². The summed E-state index contributed by atoms with van der Waals surface area (Å²) in [6.45, 7) is 2.12. The minimum Gasteiger partial charge on any atom is -0.346 e. The first kappa shape index (κ1) is 17.8. The molecule has 11 heteroatoms. The predicted octanol–water partition coefficient (Wildman–Crippen LogP) is 0.746. The molecule has 0 amide bonds. The van der Waals surface area contributed by atoms with Crippen LogP contribution in [0, 0.1) is 15.5 Å². The molecule has 0 saturated carbocycles. The quantitative estimate of drug-likeness (QED) is 0.419. The van der Waals surface area contributed by atoms with Crippen molar-refractivity contribution in [1.82, 2.24) is 9.78 Å². The third-order valence-electron chi connectivity index (χ3n) is 3.80. The molecule has 0 spiro atoms. The fraction of sp³-hybridized carbons (Fsp3) is 0.750. The maximum Gasteiger partial charge on any atom is 0.315 e. The third-order valence-corrected chi connectivity index (χ3v) is 4.34. The van der Waals surface area contributed by atoms with Gasteiger partial charge in [-0.3, -0.25) is 19.0 Å². The number of aryl methyl sites for hydroxylation is 1. The Balaban J connectivity index is 2.11. The van der Waals surface area contributed by atoms with E-state index in [9.17, 15) is 18.5 Å². The van der Waals surface area contributed by atoms with Crippen LogP contribution in [0.4, 0.5) is 5.69 Å². The van der Waals surface area contributed by atoms with Crippen LogP contribution < -0.4 is 0 Å². The molecular weight excluding hydrogens is 330 g/mol. The molecule has 1 saturated heterocycles. The van der Waals surface area contributed by atoms with E-state index in [4.69, 9.17) is 13.7 Å². The summed E-state index contributed by atoms with van der Waals surface area (Å²) in [7, 11) is -2.01. The molecule has 0 unspecified atom stereocenters. The second-order valence-corrected chi connectivity index (χ2v) is 7.21. The fourth-order valence-electron chi connectivity index (χ4n) is 2.22. The van der Waals surface area contributed by atoms with Crippen molar-refractivity contribution in [1.29, 1.82) is 0 Å². The molecule has 0 atom stereocenters. The van der Waals surface area contributed by atoms with E-state index >= 15 is 0 Å². The Bertz CT molecular complexity index is 677. The lowest BCUT2D eigenvalue weighted by Crippen LogP contribution is -2.42. The van der Waals surface area contributed by atoms with E-state index < -0.39 is 26.7 Å². The maximum atomic E-state index is 11.2. The first-order valence-electron chi connectivity index (χ1n) is 6.91. The lowest BCUT2D eigenvalue weighted by atomic mass is 9.87. The third kappa shape index (κ3) is 4.05. The molecule has 1 aliphatic rings. The number of ether oxygens (including phenoxy) is 2. The van der Waals surface area contributed by atoms with Gasteiger partial charge in [0.2, 0.25) is 6.29 Å². The molecule has 1 aromatic heterocycles. The Hall–Kier alpha value is -1.56. The number of rotatable bonds is 6. The topological polar surface area (TPSA) is 123 Å². The van der Waals surface area contributed by atoms with Crippen LogP contribution in [0.2, 0.25) is 0 Å². The van der Waals surface area contributed by atoms with E-state index in [0.717, 1.165) is 12.5 Å². The minimum atomic E-state index is -3.57. The second-order valence-electron chi connectivity index (χ2n) is 5.57. The zero-order valence-electron chi connectivity index (χ0n) is 13.1. The smallest absolute Gasteiger partial charge is 0.315 e. The van der Waals surface area contributed by atoms with E-state index in [1.54, 1.807) is 7.05 Å². The van der Waals surface area contributed by atoms with Crippen LogP contribution in [0.25, 0.3) is 0 Å². The molecule has 2 heterocycles. The van der Waals surface area contributed by atoms with Gasteiger partial charge in [0, 0.05) is 12.5 Å². The van der Waals surface area contributed by atoms with Crippen LogP contribution >= 0.6 is 0 Å². The van der Waals surface area contributed by atoms with Gasteiger partial charge in [-0.1, -0.05) is 6.92 Å². The maximum absolute atomic E-state index is 11.2. The van der Waals surface area contributed by atoms with Crippen molar-refractivity contribution < 1.29 is 27.0 Å². The molecule has 0 N–H and O–H groups in total. The van der Waals surface area contributed by atoms with Crippen molar-refractivity contribution in [2.75, 3.05) is 26.1 Å². The van der Waals surface area contributed by atoms with Crippen molar-refractivity contribution in [3.05, 3.63) is 22.0 Å². The van der Waals surface area contributed by atoms with Crippen molar-refractivity contribution >= 4 is 15.8 Å². The average molecular weight is 349 g/mol. The van der Waals surface area contributed by atoms with Gasteiger partial charge < -0.3 is 9.47 Å². The molecule has 130 valence electrons. The zero-order valence-corrected chi connectivity index (χ0v) is 13.9. The summed E-state index contributed by atoms with van der Waals surface area (Å²) in [4.78, 5) is 10.5. The number of nitrogens with zero attached hydrogens (tertiary/aromatic N) is 3. The van der Waals surface area contributed by atoms with E-state index in [1.165, 1.54) is 4.68 Å². The molecule has 0 aromatic carbocycles. The largest absolute Gasteiger partial charge is 0.346 e. The van der Waals surface area contributed by atoms with Gasteiger partial charge in [-0.05, 0) is 6.42 Å². The Labute approximate surface area is 133 Å². The van der Waals surface area contributed by atoms with Gasteiger partial charge in [-0.2, -0.15) is 13.5 Å². The molecule has 1 aliphatic heterocycles. The normalized spacial score (nSPS) is 25.4. The molecule has 1 aromatic rings. The highest BCUT2D eigenvalue weighted by atomic mass is 32.2. The molecule has 0 aliphatic carbocycles. The Morgan fingerprint density at radius 2 is 2.13 bits per heavy atom. The van der Waals surface area contributed by atoms with E-state index in [-0.39, 0.29) is 31.2 Å². The summed E-state index contributed by atoms with van der Waals surface area (Å²) in [5.74, 6) is 0. The molecule has 10 nitrogen and oxygen atoms in total. The SMILES string of the molecule is CCC1(COS(C)(=O)=O)COC(c2c([N+](=O)[O-])cnn2C)OC1. The highest BCUT2D eigenvalue weighted by Crippen LogP contribution is 2.37. The van der Waals surface area contributed by atoms with Gasteiger partial charge in [0.15, 0.2) is 5.69 Å². The van der Waals surface area contributed by atoms with Crippen LogP contribution in [0.3, 0.4) is 0 Å². The van der Waals surface area contributed by atoms with Gasteiger partial charge in [0.25, 0.3) is 10.1 Å². The molecule has 2 rings (SSSR count). The van der Waals surface area contributed by atoms with Crippen molar-refractivity contribution in [2.24, 2.45) is 12.5 Å². The monoisotopic (exact) mass is 349 g/mol. The number of aromatic nitrogens is 2. The van der Waals surface area contributed by atoms with E-state index in [1.807, 2.05) is 6.92 Å². The number of hydrogen-bond acceptors (Lipinski definition) is 8. The van der Waals surface area contributed by atoms with Gasteiger partial charge in [-0.25, -0.2) is 0 Å². The van der Waals surface area contributed by atoms with Crippen LogP contribution in [0.15, 0.2) is 6.20 Å². The summed E-state index contributed by atoms with van der Waals surface area (Å²) in [5, 5.41) is 14.9. The van der Waals surface area contributed by atoms with Crippen LogP contribution in [0.1, 0.15) is 25.3 Å². The molecule has 0 bridgehead atoms. The molecule has 1 fully saturated rings. The Morgan fingerprint density at radius 3 is 2.61 bits per heavy atom. The van der Waals surface area contributed by atoms with Gasteiger partial charge in [0.05, 0.1) is 31.0 Å². The van der Waals surface area contributed by atoms with Crippen LogP contribution in [-0.2, 0) is 30.8 Å².